The van der Waals surface area contributed by atoms with Crippen molar-refractivity contribution in [3.8, 4) is 11.8 Å². The lowest BCUT2D eigenvalue weighted by atomic mass is 9.94. The third kappa shape index (κ3) is 4.67. The fourth-order valence-electron chi connectivity index (χ4n) is 2.52. The zero-order chi connectivity index (χ0) is 11.9. The van der Waals surface area contributed by atoms with Crippen LogP contribution < -0.4 is 5.32 Å². The SMILES string of the molecule is CN1CCC(CC#CCN2CCNCC2)CC1. The van der Waals surface area contributed by atoms with Gasteiger partial charge in [0, 0.05) is 32.6 Å². The predicted octanol–water partition coefficient (Wildman–Crippen LogP) is 0.627. The van der Waals surface area contributed by atoms with Gasteiger partial charge in [0.15, 0.2) is 0 Å². The van der Waals surface area contributed by atoms with E-state index in [1.165, 1.54) is 25.9 Å². The number of likely N-dealkylation sites (tertiary alicyclic amines) is 1. The first-order valence-corrected chi connectivity index (χ1v) is 6.92. The van der Waals surface area contributed by atoms with Gasteiger partial charge in [0.05, 0.1) is 6.54 Å². The number of nitrogens with one attached hydrogen (secondary N) is 1. The van der Waals surface area contributed by atoms with E-state index in [-0.39, 0.29) is 0 Å². The van der Waals surface area contributed by atoms with E-state index >= 15 is 0 Å². The van der Waals surface area contributed by atoms with E-state index in [4.69, 9.17) is 0 Å². The summed E-state index contributed by atoms with van der Waals surface area (Å²) in [5, 5.41) is 3.37. The zero-order valence-corrected chi connectivity index (χ0v) is 11.0. The van der Waals surface area contributed by atoms with Gasteiger partial charge in [-0.1, -0.05) is 5.92 Å². The number of hydrogen-bond acceptors (Lipinski definition) is 3. The van der Waals surface area contributed by atoms with E-state index < -0.39 is 0 Å². The Kier molecular flexibility index (Phi) is 5.31. The third-order valence-corrected chi connectivity index (χ3v) is 3.87. The summed E-state index contributed by atoms with van der Waals surface area (Å²) in [6, 6.07) is 0. The molecule has 2 rings (SSSR count). The molecule has 0 saturated carbocycles. The van der Waals surface area contributed by atoms with Gasteiger partial charge >= 0.3 is 0 Å². The molecule has 17 heavy (non-hydrogen) atoms. The highest BCUT2D eigenvalue weighted by atomic mass is 15.2. The summed E-state index contributed by atoms with van der Waals surface area (Å²) < 4.78 is 0. The van der Waals surface area contributed by atoms with Crippen molar-refractivity contribution < 1.29 is 0 Å². The molecule has 3 heteroatoms. The van der Waals surface area contributed by atoms with Crippen molar-refractivity contribution in [3.63, 3.8) is 0 Å². The van der Waals surface area contributed by atoms with E-state index in [2.05, 4.69) is 34.0 Å². The van der Waals surface area contributed by atoms with E-state index in [9.17, 15) is 0 Å². The molecule has 0 aromatic rings. The second-order valence-electron chi connectivity index (χ2n) is 5.33. The molecule has 0 bridgehead atoms. The van der Waals surface area contributed by atoms with Crippen LogP contribution in [0.5, 0.6) is 0 Å². The fraction of sp³-hybridized carbons (Fsp3) is 0.857. The normalized spacial score (nSPS) is 24.3. The average molecular weight is 235 g/mol. The molecule has 2 heterocycles. The maximum atomic E-state index is 3.39. The summed E-state index contributed by atoms with van der Waals surface area (Å²) in [4.78, 5) is 4.86. The molecule has 2 fully saturated rings. The first-order valence-electron chi connectivity index (χ1n) is 6.92. The average Bonchev–Trinajstić information content (AvgIpc) is 2.38. The molecule has 2 saturated heterocycles. The van der Waals surface area contributed by atoms with Gasteiger partial charge in [-0.15, -0.1) is 5.92 Å². The lowest BCUT2D eigenvalue weighted by Crippen LogP contribution is -2.43. The van der Waals surface area contributed by atoms with Crippen molar-refractivity contribution >= 4 is 0 Å². The van der Waals surface area contributed by atoms with Crippen LogP contribution in [0.15, 0.2) is 0 Å². The number of nitrogens with zero attached hydrogens (tertiary/aromatic N) is 2. The molecule has 0 radical (unpaired) electrons. The molecule has 0 atom stereocenters. The Morgan fingerprint density at radius 3 is 2.47 bits per heavy atom. The minimum atomic E-state index is 0.849. The van der Waals surface area contributed by atoms with Crippen LogP contribution in [-0.2, 0) is 0 Å². The standard InChI is InChI=1S/C14H25N3/c1-16-10-5-14(6-11-16)4-2-3-9-17-12-7-15-8-13-17/h14-15H,4-13H2,1H3. The fourth-order valence-corrected chi connectivity index (χ4v) is 2.52. The Bertz CT molecular complexity index is 265. The van der Waals surface area contributed by atoms with Gasteiger partial charge in [-0.3, -0.25) is 4.90 Å². The van der Waals surface area contributed by atoms with Gasteiger partial charge in [-0.05, 0) is 38.9 Å². The van der Waals surface area contributed by atoms with Crippen LogP contribution >= 0.6 is 0 Å². The van der Waals surface area contributed by atoms with Crippen LogP contribution in [0.1, 0.15) is 19.3 Å². The van der Waals surface area contributed by atoms with Gasteiger partial charge in [0.1, 0.15) is 0 Å². The zero-order valence-electron chi connectivity index (χ0n) is 11.0. The smallest absolute Gasteiger partial charge is 0.0602 e. The van der Waals surface area contributed by atoms with E-state index in [0.717, 1.165) is 45.1 Å². The van der Waals surface area contributed by atoms with Crippen molar-refractivity contribution in [1.29, 1.82) is 0 Å². The highest BCUT2D eigenvalue weighted by Crippen LogP contribution is 2.18. The topological polar surface area (TPSA) is 18.5 Å². The molecule has 3 nitrogen and oxygen atoms in total. The van der Waals surface area contributed by atoms with E-state index in [0.29, 0.717) is 0 Å². The van der Waals surface area contributed by atoms with Gasteiger partial charge in [-0.25, -0.2) is 0 Å². The second-order valence-corrected chi connectivity index (χ2v) is 5.33. The van der Waals surface area contributed by atoms with Crippen LogP contribution in [0.4, 0.5) is 0 Å². The molecule has 0 aliphatic carbocycles. The molecule has 2 aliphatic heterocycles. The summed E-state index contributed by atoms with van der Waals surface area (Å²) in [6.45, 7) is 8.03. The Morgan fingerprint density at radius 1 is 1.06 bits per heavy atom. The third-order valence-electron chi connectivity index (χ3n) is 3.87. The Hall–Kier alpha value is -0.560. The summed E-state index contributed by atoms with van der Waals surface area (Å²) in [5.74, 6) is 7.58. The van der Waals surface area contributed by atoms with Crippen LogP contribution in [0.3, 0.4) is 0 Å². The number of piperidine rings is 1. The highest BCUT2D eigenvalue weighted by Gasteiger charge is 2.15. The van der Waals surface area contributed by atoms with E-state index in [1.54, 1.807) is 0 Å². The van der Waals surface area contributed by atoms with Crippen LogP contribution in [0.25, 0.3) is 0 Å². The molecule has 96 valence electrons. The van der Waals surface area contributed by atoms with Gasteiger partial charge < -0.3 is 10.2 Å². The van der Waals surface area contributed by atoms with Crippen molar-refractivity contribution in [1.82, 2.24) is 15.1 Å². The highest BCUT2D eigenvalue weighted by molar-refractivity contribution is 5.03. The summed E-state index contributed by atoms with van der Waals surface area (Å²) >= 11 is 0. The lowest BCUT2D eigenvalue weighted by molar-refractivity contribution is 0.222. The molecular weight excluding hydrogens is 210 g/mol. The first-order chi connectivity index (χ1) is 8.34. The minimum absolute atomic E-state index is 0.849. The molecule has 0 amide bonds. The first kappa shape index (κ1) is 12.9. The maximum absolute atomic E-state index is 3.39. The van der Waals surface area contributed by atoms with Crippen molar-refractivity contribution in [3.05, 3.63) is 0 Å². The number of piperazine rings is 1. The molecule has 1 N–H and O–H groups in total. The number of rotatable bonds is 2. The van der Waals surface area contributed by atoms with Crippen molar-refractivity contribution in [2.75, 3.05) is 52.9 Å². The van der Waals surface area contributed by atoms with Crippen molar-refractivity contribution in [2.45, 2.75) is 19.3 Å². The molecule has 0 spiro atoms. The summed E-state index contributed by atoms with van der Waals surface area (Å²) in [6.07, 6.45) is 3.78. The molecular formula is C14H25N3. The Morgan fingerprint density at radius 2 is 1.76 bits per heavy atom. The molecule has 0 aromatic heterocycles. The van der Waals surface area contributed by atoms with E-state index in [1.807, 2.05) is 0 Å². The van der Waals surface area contributed by atoms with Crippen LogP contribution in [0.2, 0.25) is 0 Å². The van der Waals surface area contributed by atoms with Crippen LogP contribution in [-0.4, -0.2) is 62.7 Å². The molecule has 2 aliphatic rings. The summed E-state index contributed by atoms with van der Waals surface area (Å²) in [7, 11) is 2.21. The minimum Gasteiger partial charge on any atom is -0.314 e. The van der Waals surface area contributed by atoms with Crippen LogP contribution in [0, 0.1) is 17.8 Å². The lowest BCUT2D eigenvalue weighted by Gasteiger charge is -2.27. The molecule has 0 aromatic carbocycles. The Labute approximate surface area is 106 Å². The van der Waals surface area contributed by atoms with Crippen molar-refractivity contribution in [2.24, 2.45) is 5.92 Å². The molecule has 0 unspecified atom stereocenters. The van der Waals surface area contributed by atoms with Gasteiger partial charge in [0.2, 0.25) is 0 Å². The van der Waals surface area contributed by atoms with Gasteiger partial charge in [-0.2, -0.15) is 0 Å². The quantitative estimate of drug-likeness (QED) is 0.708. The monoisotopic (exact) mass is 235 g/mol. The predicted molar refractivity (Wildman–Crippen MR) is 71.9 cm³/mol. The number of hydrogen-bond donors (Lipinski definition) is 1. The Balaban J connectivity index is 1.61. The van der Waals surface area contributed by atoms with Gasteiger partial charge in [0.25, 0.3) is 0 Å². The second kappa shape index (κ2) is 7.00. The summed E-state index contributed by atoms with van der Waals surface area (Å²) in [5.41, 5.74) is 0. The maximum Gasteiger partial charge on any atom is 0.0602 e. The largest absolute Gasteiger partial charge is 0.314 e.